The third-order valence-electron chi connectivity index (χ3n) is 4.01. The number of benzene rings is 1. The van der Waals surface area contributed by atoms with E-state index in [-0.39, 0.29) is 17.6 Å². The SMILES string of the molecule is Cc1nc(SCC(=O)Nc2nc(C)c(C(=O)OCC(C)C)s2)cc(-c2ccccc2)n1. The Balaban J connectivity index is 1.60. The monoisotopic (exact) mass is 456 g/mol. The summed E-state index contributed by atoms with van der Waals surface area (Å²) in [5.41, 5.74) is 2.35. The van der Waals surface area contributed by atoms with E-state index in [1.807, 2.05) is 57.2 Å². The molecule has 3 rings (SSSR count). The van der Waals surface area contributed by atoms with Crippen LogP contribution in [-0.2, 0) is 9.53 Å². The zero-order valence-corrected chi connectivity index (χ0v) is 19.5. The van der Waals surface area contributed by atoms with Crippen LogP contribution >= 0.6 is 23.1 Å². The Hall–Kier alpha value is -2.78. The van der Waals surface area contributed by atoms with Crippen LogP contribution < -0.4 is 5.32 Å². The number of anilines is 1. The molecule has 7 nitrogen and oxygen atoms in total. The maximum Gasteiger partial charge on any atom is 0.350 e. The molecule has 162 valence electrons. The fourth-order valence-electron chi connectivity index (χ4n) is 2.61. The second-order valence-electron chi connectivity index (χ2n) is 7.27. The van der Waals surface area contributed by atoms with Crippen molar-refractivity contribution in [2.45, 2.75) is 32.7 Å². The number of aromatic nitrogens is 3. The molecule has 31 heavy (non-hydrogen) atoms. The number of thioether (sulfide) groups is 1. The number of amides is 1. The summed E-state index contributed by atoms with van der Waals surface area (Å²) in [4.78, 5) is 38.2. The summed E-state index contributed by atoms with van der Waals surface area (Å²) in [6.45, 7) is 7.84. The van der Waals surface area contributed by atoms with Gasteiger partial charge >= 0.3 is 5.97 Å². The van der Waals surface area contributed by atoms with Crippen molar-refractivity contribution >= 4 is 40.1 Å². The predicted octanol–water partition coefficient (Wildman–Crippen LogP) is 4.76. The van der Waals surface area contributed by atoms with Crippen molar-refractivity contribution < 1.29 is 14.3 Å². The van der Waals surface area contributed by atoms with Crippen LogP contribution in [0, 0.1) is 19.8 Å². The Bertz CT molecular complexity index is 1070. The molecule has 1 N–H and O–H groups in total. The number of thiazole rings is 1. The van der Waals surface area contributed by atoms with Crippen LogP contribution in [0.2, 0.25) is 0 Å². The van der Waals surface area contributed by atoms with Crippen molar-refractivity contribution in [3.8, 4) is 11.3 Å². The zero-order valence-electron chi connectivity index (χ0n) is 17.8. The van der Waals surface area contributed by atoms with Gasteiger partial charge in [-0.15, -0.1) is 0 Å². The number of rotatable bonds is 8. The van der Waals surface area contributed by atoms with Gasteiger partial charge < -0.3 is 10.1 Å². The first-order valence-corrected chi connectivity index (χ1v) is 11.6. The van der Waals surface area contributed by atoms with Gasteiger partial charge in [0, 0.05) is 5.56 Å². The van der Waals surface area contributed by atoms with Gasteiger partial charge in [0.1, 0.15) is 15.7 Å². The van der Waals surface area contributed by atoms with E-state index in [9.17, 15) is 9.59 Å². The standard InChI is InChI=1S/C22H24N4O3S2/c1-13(2)11-29-21(28)20-14(3)23-22(31-20)26-18(27)12-30-19-10-17(24-15(4)25-19)16-8-6-5-7-9-16/h5-10,13H,11-12H2,1-4H3,(H,23,26,27). The Morgan fingerprint density at radius 2 is 1.87 bits per heavy atom. The van der Waals surface area contributed by atoms with E-state index in [0.717, 1.165) is 27.6 Å². The van der Waals surface area contributed by atoms with Gasteiger partial charge in [-0.3, -0.25) is 4.79 Å². The van der Waals surface area contributed by atoms with E-state index in [4.69, 9.17) is 4.74 Å². The fourth-order valence-corrected chi connectivity index (χ4v) is 4.23. The Labute approximate surface area is 189 Å². The Morgan fingerprint density at radius 3 is 2.58 bits per heavy atom. The summed E-state index contributed by atoms with van der Waals surface area (Å²) in [5, 5.41) is 3.85. The highest BCUT2D eigenvalue weighted by Crippen LogP contribution is 2.25. The van der Waals surface area contributed by atoms with E-state index < -0.39 is 5.97 Å². The van der Waals surface area contributed by atoms with Crippen LogP contribution in [0.3, 0.4) is 0 Å². The highest BCUT2D eigenvalue weighted by molar-refractivity contribution is 7.99. The molecule has 0 fully saturated rings. The summed E-state index contributed by atoms with van der Waals surface area (Å²) < 4.78 is 5.25. The lowest BCUT2D eigenvalue weighted by Crippen LogP contribution is -2.14. The molecule has 1 aromatic carbocycles. The topological polar surface area (TPSA) is 94.1 Å². The van der Waals surface area contributed by atoms with Crippen LogP contribution in [0.4, 0.5) is 5.13 Å². The smallest absolute Gasteiger partial charge is 0.350 e. The first-order valence-electron chi connectivity index (χ1n) is 9.80. The maximum atomic E-state index is 12.4. The van der Waals surface area contributed by atoms with E-state index in [1.165, 1.54) is 11.8 Å². The first-order chi connectivity index (χ1) is 14.8. The van der Waals surface area contributed by atoms with Crippen LogP contribution in [-0.4, -0.2) is 39.2 Å². The van der Waals surface area contributed by atoms with Gasteiger partial charge in [0.05, 0.1) is 23.7 Å². The molecule has 9 heteroatoms. The van der Waals surface area contributed by atoms with Crippen molar-refractivity contribution in [1.29, 1.82) is 0 Å². The molecule has 0 radical (unpaired) electrons. The molecule has 0 unspecified atom stereocenters. The average Bonchev–Trinajstić information content (AvgIpc) is 3.10. The molecule has 0 aliphatic heterocycles. The van der Waals surface area contributed by atoms with Gasteiger partial charge in [-0.05, 0) is 25.8 Å². The summed E-state index contributed by atoms with van der Waals surface area (Å²) in [5.74, 6) is 0.420. The van der Waals surface area contributed by atoms with E-state index in [0.29, 0.717) is 28.1 Å². The minimum atomic E-state index is -0.413. The van der Waals surface area contributed by atoms with Crippen LogP contribution in [0.25, 0.3) is 11.3 Å². The van der Waals surface area contributed by atoms with Crippen molar-refractivity contribution in [3.63, 3.8) is 0 Å². The van der Waals surface area contributed by atoms with E-state index in [1.54, 1.807) is 6.92 Å². The molecular formula is C22H24N4O3S2. The molecule has 2 aromatic heterocycles. The minimum absolute atomic E-state index is 0.163. The number of esters is 1. The predicted molar refractivity (Wildman–Crippen MR) is 124 cm³/mol. The second-order valence-corrected chi connectivity index (χ2v) is 9.26. The zero-order chi connectivity index (χ0) is 22.4. The van der Waals surface area contributed by atoms with Gasteiger partial charge in [0.2, 0.25) is 5.91 Å². The van der Waals surface area contributed by atoms with Crippen LogP contribution in [0.1, 0.15) is 35.0 Å². The normalized spacial score (nSPS) is 10.9. The highest BCUT2D eigenvalue weighted by atomic mass is 32.2. The summed E-state index contributed by atoms with van der Waals surface area (Å²) in [6.07, 6.45) is 0. The number of ether oxygens (including phenoxy) is 1. The first kappa shape index (κ1) is 22.9. The molecule has 0 spiro atoms. The summed E-state index contributed by atoms with van der Waals surface area (Å²) in [6, 6.07) is 11.7. The number of nitrogens with zero attached hydrogens (tertiary/aromatic N) is 3. The lowest BCUT2D eigenvalue weighted by molar-refractivity contribution is -0.113. The summed E-state index contributed by atoms with van der Waals surface area (Å²) >= 11 is 2.44. The molecule has 0 aliphatic rings. The van der Waals surface area contributed by atoms with E-state index in [2.05, 4.69) is 20.3 Å². The number of carbonyl (C=O) groups excluding carboxylic acids is 2. The molecule has 0 bridgehead atoms. The van der Waals surface area contributed by atoms with Gasteiger partial charge in [0.15, 0.2) is 5.13 Å². The van der Waals surface area contributed by atoms with Crippen molar-refractivity contribution in [1.82, 2.24) is 15.0 Å². The second kappa shape index (κ2) is 10.5. The highest BCUT2D eigenvalue weighted by Gasteiger charge is 2.18. The number of carbonyl (C=O) groups is 2. The number of nitrogens with one attached hydrogen (secondary N) is 1. The lowest BCUT2D eigenvalue weighted by atomic mass is 10.1. The minimum Gasteiger partial charge on any atom is -0.461 e. The number of aryl methyl sites for hydroxylation is 2. The molecule has 3 aromatic rings. The van der Waals surface area contributed by atoms with Crippen LogP contribution in [0.5, 0.6) is 0 Å². The van der Waals surface area contributed by atoms with Gasteiger partial charge in [-0.2, -0.15) is 0 Å². The quantitative estimate of drug-likeness (QED) is 0.297. The molecule has 0 atom stereocenters. The molecule has 1 amide bonds. The fraction of sp³-hybridized carbons (Fsp3) is 0.318. The van der Waals surface area contributed by atoms with Gasteiger partial charge in [-0.1, -0.05) is 67.3 Å². The van der Waals surface area contributed by atoms with Crippen molar-refractivity contribution in [2.75, 3.05) is 17.7 Å². The number of hydrogen-bond donors (Lipinski definition) is 1. The molecule has 0 saturated carbocycles. The third-order valence-corrected chi connectivity index (χ3v) is 5.98. The maximum absolute atomic E-state index is 12.4. The molecular weight excluding hydrogens is 432 g/mol. The average molecular weight is 457 g/mol. The Kier molecular flexibility index (Phi) is 7.75. The third kappa shape index (κ3) is 6.60. The number of hydrogen-bond acceptors (Lipinski definition) is 8. The molecule has 2 heterocycles. The largest absolute Gasteiger partial charge is 0.461 e. The van der Waals surface area contributed by atoms with Gasteiger partial charge in [0.25, 0.3) is 0 Å². The van der Waals surface area contributed by atoms with Crippen LogP contribution in [0.15, 0.2) is 41.4 Å². The molecule has 0 aliphatic carbocycles. The summed E-state index contributed by atoms with van der Waals surface area (Å²) in [7, 11) is 0. The van der Waals surface area contributed by atoms with E-state index >= 15 is 0 Å². The lowest BCUT2D eigenvalue weighted by Gasteiger charge is -2.06. The van der Waals surface area contributed by atoms with Crippen molar-refractivity contribution in [2.24, 2.45) is 5.92 Å². The Morgan fingerprint density at radius 1 is 1.13 bits per heavy atom. The van der Waals surface area contributed by atoms with Gasteiger partial charge in [-0.25, -0.2) is 19.7 Å². The van der Waals surface area contributed by atoms with Crippen molar-refractivity contribution in [3.05, 3.63) is 52.8 Å². The molecule has 0 saturated heterocycles.